The average molecular weight is 723 g/mol. The molecule has 4 aromatic carbocycles. The van der Waals surface area contributed by atoms with E-state index in [1.807, 2.05) is 18.2 Å². The summed E-state index contributed by atoms with van der Waals surface area (Å²) in [6, 6.07) is 19.2. The number of methoxy groups -OCH3 is 1. The van der Waals surface area contributed by atoms with E-state index >= 15 is 0 Å². The maximum absolute atomic E-state index is 12.2. The molecule has 2 aliphatic carbocycles. The number of allylic oxidation sites excluding steroid dienone is 2. The molecule has 280 valence electrons. The molecule has 0 fully saturated rings. The van der Waals surface area contributed by atoms with Crippen LogP contribution in [0.2, 0.25) is 0 Å². The number of ether oxygens (including phenoxy) is 1. The molecule has 7 nitrogen and oxygen atoms in total. The molecule has 0 bridgehead atoms. The molecule has 0 aliphatic heterocycles. The number of aryl methyl sites for hydroxylation is 4. The number of hydrogen-bond donors (Lipinski definition) is 0. The van der Waals surface area contributed by atoms with E-state index in [0.29, 0.717) is 11.3 Å². The minimum absolute atomic E-state index is 0.0317. The van der Waals surface area contributed by atoms with Gasteiger partial charge < -0.3 is 23.7 Å². The predicted octanol–water partition coefficient (Wildman–Crippen LogP) is 9.82. The minimum Gasteiger partial charge on any atom is -0.496 e. The van der Waals surface area contributed by atoms with Crippen molar-refractivity contribution < 1.29 is 14.3 Å². The van der Waals surface area contributed by atoms with Crippen molar-refractivity contribution in [3.05, 3.63) is 101 Å². The normalized spacial score (nSPS) is 13.8. The molecule has 8 rings (SSSR count). The lowest BCUT2D eigenvalue weighted by Gasteiger charge is -2.13. The highest BCUT2D eigenvalue weighted by molar-refractivity contribution is 6.15. The van der Waals surface area contributed by atoms with Crippen LogP contribution in [0.5, 0.6) is 5.75 Å². The molecular formula is C47H54N4O3. The number of carbonyl (C=O) groups excluding carboxylic acids is 2. The highest BCUT2D eigenvalue weighted by atomic mass is 16.5. The fourth-order valence-electron chi connectivity index (χ4n) is 8.78. The number of fused-ring (bicyclic) bond motifs is 10. The fourth-order valence-corrected chi connectivity index (χ4v) is 8.78. The third-order valence-electron chi connectivity index (χ3n) is 11.5. The number of aromatic nitrogens is 2. The molecule has 0 saturated carbocycles. The Kier molecular flexibility index (Phi) is 10.4. The lowest BCUT2D eigenvalue weighted by atomic mass is 10.00. The maximum atomic E-state index is 12.2. The largest absolute Gasteiger partial charge is 0.496 e. The number of carbonyl (C=O) groups is 2. The van der Waals surface area contributed by atoms with Gasteiger partial charge in [0.15, 0.2) is 11.6 Å². The van der Waals surface area contributed by atoms with Gasteiger partial charge in [0.1, 0.15) is 5.75 Å². The van der Waals surface area contributed by atoms with Crippen molar-refractivity contribution >= 4 is 66.3 Å². The second kappa shape index (κ2) is 15.0. The van der Waals surface area contributed by atoms with Crippen molar-refractivity contribution in [2.45, 2.75) is 65.5 Å². The molecule has 0 amide bonds. The molecule has 0 spiro atoms. The quantitative estimate of drug-likeness (QED) is 0.125. The molecule has 2 heterocycles. The summed E-state index contributed by atoms with van der Waals surface area (Å²) in [5, 5.41) is 4.96. The lowest BCUT2D eigenvalue weighted by molar-refractivity contribution is 0.100. The van der Waals surface area contributed by atoms with Gasteiger partial charge in [-0.25, -0.2) is 0 Å². The third kappa shape index (κ3) is 6.69. The monoisotopic (exact) mass is 722 g/mol. The van der Waals surface area contributed by atoms with Gasteiger partial charge in [-0.05, 0) is 163 Å². The van der Waals surface area contributed by atoms with Crippen LogP contribution >= 0.6 is 0 Å². The highest BCUT2D eigenvalue weighted by Gasteiger charge is 2.25. The summed E-state index contributed by atoms with van der Waals surface area (Å²) in [4.78, 5) is 28.6. The summed E-state index contributed by atoms with van der Waals surface area (Å²) in [6.45, 7) is 15.7. The van der Waals surface area contributed by atoms with Gasteiger partial charge in [0.2, 0.25) is 0 Å². The Balaban J connectivity index is 0.000000167. The number of nitrogens with zero attached hydrogens (tertiary/aromatic N) is 4. The van der Waals surface area contributed by atoms with Crippen molar-refractivity contribution in [3.8, 4) is 5.75 Å². The molecule has 6 aromatic rings. The van der Waals surface area contributed by atoms with Gasteiger partial charge in [-0.3, -0.25) is 9.59 Å². The van der Waals surface area contributed by atoms with Crippen molar-refractivity contribution in [1.82, 2.24) is 18.9 Å². The van der Waals surface area contributed by atoms with Crippen LogP contribution in [0.3, 0.4) is 0 Å². The van der Waals surface area contributed by atoms with E-state index in [1.54, 1.807) is 21.0 Å². The van der Waals surface area contributed by atoms with Crippen LogP contribution in [0.15, 0.2) is 67.8 Å². The van der Waals surface area contributed by atoms with Gasteiger partial charge in [0.05, 0.1) is 18.2 Å². The van der Waals surface area contributed by atoms with Crippen molar-refractivity contribution in [1.29, 1.82) is 0 Å². The Morgan fingerprint density at radius 3 is 1.63 bits per heavy atom. The Labute approximate surface area is 319 Å². The summed E-state index contributed by atoms with van der Waals surface area (Å²) in [6.07, 6.45) is 6.28. The first-order chi connectivity index (χ1) is 25.9. The molecule has 2 aromatic heterocycles. The fraction of sp³-hybridized carbons (Fsp3) is 0.362. The molecule has 0 N–H and O–H groups in total. The zero-order chi connectivity index (χ0) is 38.4. The van der Waals surface area contributed by atoms with Crippen molar-refractivity contribution in [2.24, 2.45) is 0 Å². The van der Waals surface area contributed by atoms with Gasteiger partial charge in [-0.1, -0.05) is 25.3 Å². The number of hydrogen-bond acceptors (Lipinski definition) is 5. The first-order valence-electron chi connectivity index (χ1n) is 19.3. The van der Waals surface area contributed by atoms with E-state index < -0.39 is 0 Å². The van der Waals surface area contributed by atoms with Crippen LogP contribution < -0.4 is 4.74 Å². The second-order valence-corrected chi connectivity index (χ2v) is 15.7. The summed E-state index contributed by atoms with van der Waals surface area (Å²) in [5.74, 6) is 0.805. The number of ketones is 2. The van der Waals surface area contributed by atoms with Crippen LogP contribution in [-0.2, 0) is 25.9 Å². The Hall–Kier alpha value is -4.98. The Morgan fingerprint density at radius 2 is 1.15 bits per heavy atom. The lowest BCUT2D eigenvalue weighted by Crippen LogP contribution is -2.15. The molecule has 0 saturated heterocycles. The van der Waals surface area contributed by atoms with Gasteiger partial charge in [0, 0.05) is 62.8 Å². The van der Waals surface area contributed by atoms with Crippen LogP contribution in [0, 0.1) is 0 Å². The molecule has 7 heteroatoms. The maximum Gasteiger partial charge on any atom is 0.163 e. The summed E-state index contributed by atoms with van der Waals surface area (Å²) in [7, 11) is 10.1. The van der Waals surface area contributed by atoms with Crippen molar-refractivity contribution in [2.75, 3.05) is 48.4 Å². The van der Waals surface area contributed by atoms with Crippen LogP contribution in [0.25, 0.3) is 54.8 Å². The summed E-state index contributed by atoms with van der Waals surface area (Å²) >= 11 is 0. The van der Waals surface area contributed by atoms with E-state index in [2.05, 4.69) is 96.7 Å². The highest BCUT2D eigenvalue weighted by Crippen LogP contribution is 2.43. The van der Waals surface area contributed by atoms with E-state index in [-0.39, 0.29) is 11.6 Å². The van der Waals surface area contributed by atoms with Crippen LogP contribution in [0.1, 0.15) is 82.5 Å². The van der Waals surface area contributed by atoms with Crippen LogP contribution in [-0.4, -0.2) is 78.9 Å². The summed E-state index contributed by atoms with van der Waals surface area (Å²) < 4.78 is 10.4. The zero-order valence-electron chi connectivity index (χ0n) is 33.2. The minimum atomic E-state index is 0.0317. The van der Waals surface area contributed by atoms with E-state index in [0.717, 1.165) is 81.2 Å². The number of benzene rings is 4. The Bertz CT molecular complexity index is 2490. The molecular weight excluding hydrogens is 669 g/mol. The molecule has 2 aliphatic rings. The van der Waals surface area contributed by atoms with E-state index in [9.17, 15) is 9.59 Å². The van der Waals surface area contributed by atoms with Crippen LogP contribution in [0.4, 0.5) is 0 Å². The first kappa shape index (κ1) is 37.3. The molecule has 0 radical (unpaired) electrons. The average Bonchev–Trinajstić information content (AvgIpc) is 3.88. The SMILES string of the molecule is C=C1CCc2c1ccc1c2c2cc(C(C)=O)c(OC)cc2n1CCCN(C)C.C=C1CCc2c1ccc1c2c2cc(C(C)=O)ccc2n1CCCN(C)C. The predicted molar refractivity (Wildman–Crippen MR) is 227 cm³/mol. The van der Waals surface area contributed by atoms with Gasteiger partial charge in [-0.2, -0.15) is 0 Å². The standard InChI is InChI=1S/C24H28N2O2.C23H26N2O/c1-15-7-8-18-17(15)9-10-21-24(18)20-13-19(16(2)27)23(28-5)14-22(20)26(21)12-6-11-25(3)4;1-15-6-8-19-18(15)9-11-22-23(19)20-14-17(16(2)26)7-10-21(20)25(22)13-5-12-24(3)4/h9-10,13-14H,1,6-8,11-12H2,2-5H3;7,9-11,14H,1,5-6,8,12-13H2,2-4H3. The molecule has 0 atom stereocenters. The van der Waals surface area contributed by atoms with E-state index in [4.69, 9.17) is 4.74 Å². The topological polar surface area (TPSA) is 59.7 Å². The first-order valence-corrected chi connectivity index (χ1v) is 19.3. The number of Topliss-reactive ketones (excluding diaryl/α,β-unsaturated/α-hetero) is 2. The number of rotatable bonds is 11. The second-order valence-electron chi connectivity index (χ2n) is 15.7. The molecule has 54 heavy (non-hydrogen) atoms. The summed E-state index contributed by atoms with van der Waals surface area (Å²) in [5.41, 5.74) is 14.1. The Morgan fingerprint density at radius 1 is 0.648 bits per heavy atom. The van der Waals surface area contributed by atoms with Gasteiger partial charge in [0.25, 0.3) is 0 Å². The molecule has 0 unspecified atom stereocenters. The third-order valence-corrected chi connectivity index (χ3v) is 11.5. The van der Waals surface area contributed by atoms with Gasteiger partial charge >= 0.3 is 0 Å². The van der Waals surface area contributed by atoms with E-state index in [1.165, 1.54) is 66.1 Å². The van der Waals surface area contributed by atoms with Crippen molar-refractivity contribution in [3.63, 3.8) is 0 Å². The zero-order valence-corrected chi connectivity index (χ0v) is 33.2. The van der Waals surface area contributed by atoms with Gasteiger partial charge in [-0.15, -0.1) is 0 Å². The smallest absolute Gasteiger partial charge is 0.163 e.